The molecular formula is C16H13ClFNO. The minimum Gasteiger partial charge on any atom is -0.496 e. The molecular weight excluding hydrogens is 277 g/mol. The lowest BCUT2D eigenvalue weighted by Gasteiger charge is -2.08. The van der Waals surface area contributed by atoms with Crippen LogP contribution in [0, 0.1) is 5.82 Å². The molecule has 3 aromatic rings. The zero-order chi connectivity index (χ0) is 14.1. The first kappa shape index (κ1) is 13.0. The SMILES string of the molecule is COc1cccc2c1ccn2Cc1cc(F)ccc1Cl. The normalized spacial score (nSPS) is 10.9. The summed E-state index contributed by atoms with van der Waals surface area (Å²) < 4.78 is 20.7. The van der Waals surface area contributed by atoms with E-state index in [-0.39, 0.29) is 5.82 Å². The maximum atomic E-state index is 13.3. The van der Waals surface area contributed by atoms with E-state index in [1.807, 2.05) is 35.0 Å². The maximum Gasteiger partial charge on any atom is 0.128 e. The number of benzene rings is 2. The number of ether oxygens (including phenoxy) is 1. The van der Waals surface area contributed by atoms with E-state index >= 15 is 0 Å². The van der Waals surface area contributed by atoms with Crippen LogP contribution in [0.2, 0.25) is 5.02 Å². The van der Waals surface area contributed by atoms with Crippen LogP contribution >= 0.6 is 11.6 Å². The Morgan fingerprint density at radius 2 is 2.05 bits per heavy atom. The third-order valence-electron chi connectivity index (χ3n) is 3.34. The van der Waals surface area contributed by atoms with E-state index in [0.717, 1.165) is 22.2 Å². The van der Waals surface area contributed by atoms with Gasteiger partial charge in [0.05, 0.1) is 12.6 Å². The molecule has 20 heavy (non-hydrogen) atoms. The fraction of sp³-hybridized carbons (Fsp3) is 0.125. The van der Waals surface area contributed by atoms with Crippen LogP contribution in [0.15, 0.2) is 48.7 Å². The van der Waals surface area contributed by atoms with Gasteiger partial charge in [-0.25, -0.2) is 4.39 Å². The Morgan fingerprint density at radius 1 is 1.20 bits per heavy atom. The molecule has 1 aromatic heterocycles. The second-order valence-electron chi connectivity index (χ2n) is 4.57. The Hall–Kier alpha value is -2.00. The van der Waals surface area contributed by atoms with Crippen molar-refractivity contribution in [1.82, 2.24) is 4.57 Å². The molecule has 0 atom stereocenters. The molecule has 1 heterocycles. The summed E-state index contributed by atoms with van der Waals surface area (Å²) >= 11 is 6.12. The van der Waals surface area contributed by atoms with E-state index in [4.69, 9.17) is 16.3 Å². The van der Waals surface area contributed by atoms with Crippen molar-refractivity contribution in [2.24, 2.45) is 0 Å². The zero-order valence-corrected chi connectivity index (χ0v) is 11.7. The first-order chi connectivity index (χ1) is 9.69. The van der Waals surface area contributed by atoms with E-state index in [9.17, 15) is 4.39 Å². The number of hydrogen-bond acceptors (Lipinski definition) is 1. The molecule has 0 aliphatic heterocycles. The van der Waals surface area contributed by atoms with Crippen molar-refractivity contribution in [1.29, 1.82) is 0 Å². The fourth-order valence-electron chi connectivity index (χ4n) is 2.36. The van der Waals surface area contributed by atoms with Crippen molar-refractivity contribution < 1.29 is 9.13 Å². The minimum atomic E-state index is -0.279. The molecule has 0 N–H and O–H groups in total. The lowest BCUT2D eigenvalue weighted by atomic mass is 10.2. The Labute approximate surface area is 121 Å². The van der Waals surface area contributed by atoms with E-state index < -0.39 is 0 Å². The number of fused-ring (bicyclic) bond motifs is 1. The summed E-state index contributed by atoms with van der Waals surface area (Å²) in [5.41, 5.74) is 1.79. The van der Waals surface area contributed by atoms with Crippen molar-refractivity contribution in [2.45, 2.75) is 6.54 Å². The third kappa shape index (κ3) is 2.25. The van der Waals surface area contributed by atoms with Gasteiger partial charge < -0.3 is 9.30 Å². The van der Waals surface area contributed by atoms with Gasteiger partial charge in [-0.3, -0.25) is 0 Å². The van der Waals surface area contributed by atoms with Crippen molar-refractivity contribution in [2.75, 3.05) is 7.11 Å². The van der Waals surface area contributed by atoms with Crippen LogP contribution in [0.4, 0.5) is 4.39 Å². The highest BCUT2D eigenvalue weighted by Crippen LogP contribution is 2.27. The summed E-state index contributed by atoms with van der Waals surface area (Å²) in [5.74, 6) is 0.546. The van der Waals surface area contributed by atoms with E-state index in [1.165, 1.54) is 12.1 Å². The second kappa shape index (κ2) is 5.17. The Bertz CT molecular complexity index is 766. The van der Waals surface area contributed by atoms with Gasteiger partial charge in [-0.15, -0.1) is 0 Å². The predicted octanol–water partition coefficient (Wildman–Crippen LogP) is 4.49. The van der Waals surface area contributed by atoms with Gasteiger partial charge in [0.15, 0.2) is 0 Å². The molecule has 0 fully saturated rings. The number of methoxy groups -OCH3 is 1. The van der Waals surface area contributed by atoms with Crippen molar-refractivity contribution in [3.63, 3.8) is 0 Å². The van der Waals surface area contributed by atoms with Crippen molar-refractivity contribution in [3.8, 4) is 5.75 Å². The van der Waals surface area contributed by atoms with Gasteiger partial charge >= 0.3 is 0 Å². The molecule has 0 aliphatic rings. The van der Waals surface area contributed by atoms with Crippen molar-refractivity contribution in [3.05, 3.63) is 65.1 Å². The summed E-state index contributed by atoms with van der Waals surface area (Å²) in [6.07, 6.45) is 1.95. The maximum absolute atomic E-state index is 13.3. The summed E-state index contributed by atoms with van der Waals surface area (Å²) in [6, 6.07) is 12.3. The van der Waals surface area contributed by atoms with Crippen molar-refractivity contribution >= 4 is 22.5 Å². The molecule has 0 saturated carbocycles. The molecule has 102 valence electrons. The smallest absolute Gasteiger partial charge is 0.128 e. The highest BCUT2D eigenvalue weighted by molar-refractivity contribution is 6.31. The number of hydrogen-bond donors (Lipinski definition) is 0. The molecule has 0 saturated heterocycles. The van der Waals surface area contributed by atoms with Gasteiger partial charge in [-0.1, -0.05) is 17.7 Å². The number of rotatable bonds is 3. The van der Waals surface area contributed by atoms with Gasteiger partial charge in [0.25, 0.3) is 0 Å². The van der Waals surface area contributed by atoms with Crippen LogP contribution < -0.4 is 4.74 Å². The van der Waals surface area contributed by atoms with E-state index in [1.54, 1.807) is 13.2 Å². The molecule has 2 aromatic carbocycles. The molecule has 3 rings (SSSR count). The first-order valence-corrected chi connectivity index (χ1v) is 6.62. The average Bonchev–Trinajstić information content (AvgIpc) is 2.86. The topological polar surface area (TPSA) is 14.2 Å². The molecule has 4 heteroatoms. The minimum absolute atomic E-state index is 0.279. The van der Waals surface area contributed by atoms with Gasteiger partial charge in [0, 0.05) is 23.2 Å². The Kier molecular flexibility index (Phi) is 3.36. The summed E-state index contributed by atoms with van der Waals surface area (Å²) in [5, 5.41) is 1.60. The Morgan fingerprint density at radius 3 is 2.85 bits per heavy atom. The zero-order valence-electron chi connectivity index (χ0n) is 10.9. The summed E-state index contributed by atoms with van der Waals surface area (Å²) in [4.78, 5) is 0. The molecule has 0 aliphatic carbocycles. The quantitative estimate of drug-likeness (QED) is 0.693. The largest absolute Gasteiger partial charge is 0.496 e. The lowest BCUT2D eigenvalue weighted by molar-refractivity contribution is 0.420. The van der Waals surface area contributed by atoms with Gasteiger partial charge in [-0.05, 0) is 42.0 Å². The molecule has 0 radical (unpaired) electrons. The molecule has 0 unspecified atom stereocenters. The summed E-state index contributed by atoms with van der Waals surface area (Å²) in [7, 11) is 1.65. The highest BCUT2D eigenvalue weighted by Gasteiger charge is 2.08. The third-order valence-corrected chi connectivity index (χ3v) is 3.71. The standard InChI is InChI=1S/C16H13ClFNO/c1-20-16-4-2-3-15-13(16)7-8-19(15)10-11-9-12(18)5-6-14(11)17/h2-9H,10H2,1H3. The van der Waals surface area contributed by atoms with Gasteiger partial charge in [-0.2, -0.15) is 0 Å². The fourth-order valence-corrected chi connectivity index (χ4v) is 2.54. The summed E-state index contributed by atoms with van der Waals surface area (Å²) in [6.45, 7) is 0.521. The van der Waals surface area contributed by atoms with E-state index in [0.29, 0.717) is 11.6 Å². The van der Waals surface area contributed by atoms with Crippen LogP contribution in [-0.2, 0) is 6.54 Å². The van der Waals surface area contributed by atoms with Gasteiger partial charge in [0.1, 0.15) is 11.6 Å². The van der Waals surface area contributed by atoms with Gasteiger partial charge in [0.2, 0.25) is 0 Å². The second-order valence-corrected chi connectivity index (χ2v) is 4.98. The van der Waals surface area contributed by atoms with E-state index in [2.05, 4.69) is 0 Å². The number of aromatic nitrogens is 1. The Balaban J connectivity index is 2.05. The molecule has 0 amide bonds. The first-order valence-electron chi connectivity index (χ1n) is 6.25. The highest BCUT2D eigenvalue weighted by atomic mass is 35.5. The van der Waals surface area contributed by atoms with Crippen LogP contribution in [0.1, 0.15) is 5.56 Å². The number of halogens is 2. The van der Waals surface area contributed by atoms with Crippen LogP contribution in [-0.4, -0.2) is 11.7 Å². The van der Waals surface area contributed by atoms with Crippen LogP contribution in [0.25, 0.3) is 10.9 Å². The van der Waals surface area contributed by atoms with Crippen LogP contribution in [0.5, 0.6) is 5.75 Å². The molecule has 2 nitrogen and oxygen atoms in total. The monoisotopic (exact) mass is 289 g/mol. The van der Waals surface area contributed by atoms with Crippen LogP contribution in [0.3, 0.4) is 0 Å². The predicted molar refractivity (Wildman–Crippen MR) is 79.0 cm³/mol. The molecule has 0 spiro atoms. The lowest BCUT2D eigenvalue weighted by Crippen LogP contribution is -1.99. The average molecular weight is 290 g/mol. The number of nitrogens with zero attached hydrogens (tertiary/aromatic N) is 1. The molecule has 0 bridgehead atoms.